The fraction of sp³-hybridized carbons (Fsp3) is 0.308. The fourth-order valence-electron chi connectivity index (χ4n) is 1.82. The smallest absolute Gasteiger partial charge is 0.396 e. The highest BCUT2D eigenvalue weighted by Crippen LogP contribution is 2.33. The summed E-state index contributed by atoms with van der Waals surface area (Å²) in [6.45, 7) is 0.0460. The van der Waals surface area contributed by atoms with Gasteiger partial charge in [0.05, 0.1) is 17.4 Å². The molecule has 1 aromatic carbocycles. The lowest BCUT2D eigenvalue weighted by Gasteiger charge is -2.12. The number of hydrogen-bond acceptors (Lipinski definition) is 2. The number of aliphatic hydroxyl groups excluding tert-OH is 1. The van der Waals surface area contributed by atoms with Crippen LogP contribution < -0.4 is 0 Å². The van der Waals surface area contributed by atoms with Gasteiger partial charge in [-0.1, -0.05) is 12.1 Å². The first-order valence-corrected chi connectivity index (χ1v) is 5.83. The molecule has 0 fully saturated rings. The Balaban J connectivity index is 2.34. The minimum atomic E-state index is -4.41. The first kappa shape index (κ1) is 13.6. The third-order valence-corrected chi connectivity index (χ3v) is 2.72. The molecule has 0 radical (unpaired) electrons. The van der Waals surface area contributed by atoms with E-state index in [9.17, 15) is 13.2 Å². The molecule has 2 rings (SSSR count). The van der Waals surface area contributed by atoms with E-state index in [2.05, 4.69) is 5.10 Å². The number of aliphatic hydroxyl groups is 1. The summed E-state index contributed by atoms with van der Waals surface area (Å²) in [6, 6.07) is 5.30. The quantitative estimate of drug-likeness (QED) is 0.927. The Bertz CT molecular complexity index is 549. The first-order chi connectivity index (χ1) is 9.02. The predicted molar refractivity (Wildman–Crippen MR) is 64.0 cm³/mol. The van der Waals surface area contributed by atoms with Gasteiger partial charge in [0.2, 0.25) is 0 Å². The Kier molecular flexibility index (Phi) is 3.90. The van der Waals surface area contributed by atoms with Crippen LogP contribution >= 0.6 is 0 Å². The lowest BCUT2D eigenvalue weighted by molar-refractivity contribution is -0.137. The minimum absolute atomic E-state index is 0.00486. The number of halogens is 3. The van der Waals surface area contributed by atoms with Crippen molar-refractivity contribution in [1.82, 2.24) is 9.78 Å². The molecule has 0 spiro atoms. The van der Waals surface area contributed by atoms with E-state index in [4.69, 9.17) is 5.11 Å². The molecule has 0 aliphatic heterocycles. The maximum atomic E-state index is 12.9. The highest BCUT2D eigenvalue weighted by atomic mass is 19.4. The van der Waals surface area contributed by atoms with Crippen LogP contribution in [0.15, 0.2) is 36.7 Å². The number of aryl methyl sites for hydroxylation is 1. The van der Waals surface area contributed by atoms with Crippen LogP contribution in [0, 0.1) is 0 Å². The molecular weight excluding hydrogens is 257 g/mol. The molecule has 0 atom stereocenters. The molecule has 0 unspecified atom stereocenters. The van der Waals surface area contributed by atoms with E-state index in [1.807, 2.05) is 0 Å². The minimum Gasteiger partial charge on any atom is -0.396 e. The van der Waals surface area contributed by atoms with Crippen molar-refractivity contribution in [3.8, 4) is 5.69 Å². The molecule has 0 saturated carbocycles. The molecular formula is C13H13F3N2O. The van der Waals surface area contributed by atoms with Gasteiger partial charge in [-0.25, -0.2) is 4.68 Å². The van der Waals surface area contributed by atoms with Crippen molar-refractivity contribution >= 4 is 0 Å². The predicted octanol–water partition coefficient (Wildman–Crippen LogP) is 2.82. The van der Waals surface area contributed by atoms with Gasteiger partial charge in [0.25, 0.3) is 0 Å². The first-order valence-electron chi connectivity index (χ1n) is 5.83. The van der Waals surface area contributed by atoms with Crippen LogP contribution in [0.3, 0.4) is 0 Å². The molecule has 102 valence electrons. The molecule has 3 nitrogen and oxygen atoms in total. The Morgan fingerprint density at radius 3 is 2.63 bits per heavy atom. The maximum absolute atomic E-state index is 12.9. The molecule has 0 aliphatic carbocycles. The van der Waals surface area contributed by atoms with Crippen LogP contribution in [-0.4, -0.2) is 21.5 Å². The van der Waals surface area contributed by atoms with E-state index in [0.29, 0.717) is 12.8 Å². The van der Waals surface area contributed by atoms with Gasteiger partial charge in [-0.3, -0.25) is 0 Å². The van der Waals surface area contributed by atoms with Gasteiger partial charge in [-0.15, -0.1) is 0 Å². The van der Waals surface area contributed by atoms with Gasteiger partial charge in [-0.05, 0) is 30.5 Å². The molecule has 19 heavy (non-hydrogen) atoms. The average molecular weight is 270 g/mol. The second-order valence-electron chi connectivity index (χ2n) is 4.14. The van der Waals surface area contributed by atoms with Crippen LogP contribution in [0.5, 0.6) is 0 Å². The zero-order valence-electron chi connectivity index (χ0n) is 10.1. The molecule has 0 aliphatic rings. The molecule has 0 bridgehead atoms. The summed E-state index contributed by atoms with van der Waals surface area (Å²) < 4.78 is 39.8. The summed E-state index contributed by atoms with van der Waals surface area (Å²) in [5.74, 6) is 0. The van der Waals surface area contributed by atoms with E-state index in [0.717, 1.165) is 11.6 Å². The molecule has 2 aromatic rings. The normalized spacial score (nSPS) is 11.8. The summed E-state index contributed by atoms with van der Waals surface area (Å²) in [5.41, 5.74) is 0.0862. The summed E-state index contributed by atoms with van der Waals surface area (Å²) in [7, 11) is 0. The number of para-hydroxylation sites is 1. The van der Waals surface area contributed by atoms with Crippen molar-refractivity contribution < 1.29 is 18.3 Å². The number of rotatable bonds is 4. The van der Waals surface area contributed by atoms with Crippen molar-refractivity contribution in [2.75, 3.05) is 6.61 Å². The van der Waals surface area contributed by atoms with E-state index in [-0.39, 0.29) is 12.3 Å². The van der Waals surface area contributed by atoms with E-state index < -0.39 is 11.7 Å². The van der Waals surface area contributed by atoms with Gasteiger partial charge >= 0.3 is 6.18 Å². The van der Waals surface area contributed by atoms with Crippen molar-refractivity contribution in [1.29, 1.82) is 0 Å². The standard InChI is InChI=1S/C13H13F3N2O/c14-13(15,16)11-5-1-2-6-12(11)18-9-10(8-17-18)4-3-7-19/h1-2,5-6,8-9,19H,3-4,7H2. The largest absolute Gasteiger partial charge is 0.418 e. The summed E-state index contributed by atoms with van der Waals surface area (Å²) in [5, 5.41) is 12.7. The number of benzene rings is 1. The van der Waals surface area contributed by atoms with Gasteiger partial charge in [-0.2, -0.15) is 18.3 Å². The van der Waals surface area contributed by atoms with Gasteiger partial charge in [0, 0.05) is 12.8 Å². The van der Waals surface area contributed by atoms with E-state index in [1.165, 1.54) is 23.0 Å². The number of alkyl halides is 3. The molecule has 0 amide bonds. The van der Waals surface area contributed by atoms with Crippen LogP contribution in [0.25, 0.3) is 5.69 Å². The SMILES string of the molecule is OCCCc1cnn(-c2ccccc2C(F)(F)F)c1. The summed E-state index contributed by atoms with van der Waals surface area (Å²) in [6.07, 6.45) is -0.186. The highest BCUT2D eigenvalue weighted by Gasteiger charge is 2.33. The molecule has 0 saturated heterocycles. The third kappa shape index (κ3) is 3.14. The van der Waals surface area contributed by atoms with Crippen LogP contribution in [0.1, 0.15) is 17.5 Å². The van der Waals surface area contributed by atoms with Crippen LogP contribution in [0.4, 0.5) is 13.2 Å². The van der Waals surface area contributed by atoms with Crippen LogP contribution in [-0.2, 0) is 12.6 Å². The van der Waals surface area contributed by atoms with Gasteiger partial charge in [0.1, 0.15) is 0 Å². The Labute approximate surface area is 108 Å². The zero-order valence-corrected chi connectivity index (χ0v) is 10.1. The Hall–Kier alpha value is -1.82. The second kappa shape index (κ2) is 5.44. The van der Waals surface area contributed by atoms with E-state index in [1.54, 1.807) is 12.3 Å². The number of nitrogens with zero attached hydrogens (tertiary/aromatic N) is 2. The topological polar surface area (TPSA) is 38.1 Å². The van der Waals surface area contributed by atoms with Gasteiger partial charge in [0.15, 0.2) is 0 Å². The van der Waals surface area contributed by atoms with Crippen molar-refractivity contribution in [3.63, 3.8) is 0 Å². The fourth-order valence-corrected chi connectivity index (χ4v) is 1.82. The molecule has 6 heteroatoms. The van der Waals surface area contributed by atoms with Crippen molar-refractivity contribution in [2.45, 2.75) is 19.0 Å². The number of hydrogen-bond donors (Lipinski definition) is 1. The van der Waals surface area contributed by atoms with Crippen LogP contribution in [0.2, 0.25) is 0 Å². The number of aromatic nitrogens is 2. The summed E-state index contributed by atoms with van der Waals surface area (Å²) >= 11 is 0. The molecule has 1 N–H and O–H groups in total. The van der Waals surface area contributed by atoms with Gasteiger partial charge < -0.3 is 5.11 Å². The molecule has 1 heterocycles. The van der Waals surface area contributed by atoms with E-state index >= 15 is 0 Å². The summed E-state index contributed by atoms with van der Waals surface area (Å²) in [4.78, 5) is 0. The second-order valence-corrected chi connectivity index (χ2v) is 4.14. The monoisotopic (exact) mass is 270 g/mol. The Morgan fingerprint density at radius 2 is 1.95 bits per heavy atom. The third-order valence-electron chi connectivity index (χ3n) is 2.72. The maximum Gasteiger partial charge on any atom is 0.418 e. The average Bonchev–Trinajstić information content (AvgIpc) is 2.84. The lowest BCUT2D eigenvalue weighted by Crippen LogP contribution is -2.10. The molecule has 1 aromatic heterocycles. The zero-order chi connectivity index (χ0) is 13.9. The lowest BCUT2D eigenvalue weighted by atomic mass is 10.1. The van der Waals surface area contributed by atoms with Crippen molar-refractivity contribution in [3.05, 3.63) is 47.8 Å². The highest BCUT2D eigenvalue weighted by molar-refractivity contribution is 5.42. The van der Waals surface area contributed by atoms with Crippen molar-refractivity contribution in [2.24, 2.45) is 0 Å². The Morgan fingerprint density at radius 1 is 1.21 bits per heavy atom.